The maximum absolute atomic E-state index is 13.6. The summed E-state index contributed by atoms with van der Waals surface area (Å²) in [5.41, 5.74) is 8.89. The number of carbonyl (C=O) groups excluding carboxylic acids is 5. The van der Waals surface area contributed by atoms with Gasteiger partial charge in [-0.1, -0.05) is 32.1 Å². The fourth-order valence-corrected chi connectivity index (χ4v) is 4.62. The third kappa shape index (κ3) is 9.52. The van der Waals surface area contributed by atoms with Crippen LogP contribution in [0.25, 0.3) is 0 Å². The molecule has 1 saturated heterocycles. The van der Waals surface area contributed by atoms with E-state index in [9.17, 15) is 28.4 Å². The van der Waals surface area contributed by atoms with Crippen LogP contribution in [0.4, 0.5) is 4.39 Å². The number of halogens is 1. The first-order valence-electron chi connectivity index (χ1n) is 13.6. The number of amides is 3. The SMILES string of the molecule is CC1=CC(C(=O)N[C@H](C(=O)C[C@H](Cc2ccc(F)cc2)C(=O)N[C@H](/C=C2\CCOC2=O)CCC(N)=O)C(C)C)NO1. The first-order chi connectivity index (χ1) is 19.4. The number of cyclic esters (lactones) is 1. The average Bonchev–Trinajstić information content (AvgIpc) is 3.53. The maximum atomic E-state index is 13.6. The fraction of sp³-hybridized carbons (Fsp3) is 0.483. The van der Waals surface area contributed by atoms with Crippen LogP contribution in [-0.2, 0) is 40.0 Å². The normalized spacial score (nSPS) is 19.6. The smallest absolute Gasteiger partial charge is 0.333 e. The predicted octanol–water partition coefficient (Wildman–Crippen LogP) is 1.52. The van der Waals surface area contributed by atoms with Crippen molar-refractivity contribution in [3.05, 3.63) is 59.1 Å². The molecule has 1 aromatic carbocycles. The van der Waals surface area contributed by atoms with E-state index in [-0.39, 0.29) is 44.0 Å². The molecule has 5 N–H and O–H groups in total. The minimum atomic E-state index is -0.897. The maximum Gasteiger partial charge on any atom is 0.333 e. The van der Waals surface area contributed by atoms with Crippen molar-refractivity contribution in [1.29, 1.82) is 0 Å². The Bertz CT molecular complexity index is 1210. The van der Waals surface area contributed by atoms with E-state index in [1.165, 1.54) is 24.3 Å². The van der Waals surface area contributed by atoms with Crippen molar-refractivity contribution < 1.29 is 37.9 Å². The highest BCUT2D eigenvalue weighted by atomic mass is 19.1. The van der Waals surface area contributed by atoms with Crippen molar-refractivity contribution >= 4 is 29.5 Å². The van der Waals surface area contributed by atoms with Crippen LogP contribution < -0.4 is 21.8 Å². The molecule has 11 nitrogen and oxygen atoms in total. The minimum absolute atomic E-state index is 0.0420. The molecule has 0 spiro atoms. The third-order valence-electron chi connectivity index (χ3n) is 6.85. The van der Waals surface area contributed by atoms with Gasteiger partial charge >= 0.3 is 5.97 Å². The van der Waals surface area contributed by atoms with Crippen LogP contribution in [0.5, 0.6) is 0 Å². The Hall–Kier alpha value is -4.06. The lowest BCUT2D eigenvalue weighted by atomic mass is 9.88. The molecular formula is C29H37FN4O7. The van der Waals surface area contributed by atoms with Crippen LogP contribution in [0.15, 0.2) is 47.7 Å². The minimum Gasteiger partial charge on any atom is -0.462 e. The van der Waals surface area contributed by atoms with E-state index in [2.05, 4.69) is 16.1 Å². The van der Waals surface area contributed by atoms with E-state index in [1.54, 1.807) is 32.9 Å². The van der Waals surface area contributed by atoms with Gasteiger partial charge in [-0.25, -0.2) is 9.18 Å². The second kappa shape index (κ2) is 14.5. The van der Waals surface area contributed by atoms with E-state index in [4.69, 9.17) is 15.3 Å². The van der Waals surface area contributed by atoms with Gasteiger partial charge in [-0.15, -0.1) is 5.48 Å². The third-order valence-corrected chi connectivity index (χ3v) is 6.85. The van der Waals surface area contributed by atoms with Crippen molar-refractivity contribution in [2.24, 2.45) is 17.6 Å². The Balaban J connectivity index is 1.80. The van der Waals surface area contributed by atoms with Gasteiger partial charge in [-0.05, 0) is 49.5 Å². The van der Waals surface area contributed by atoms with Gasteiger partial charge in [0.2, 0.25) is 17.7 Å². The molecule has 12 heteroatoms. The number of rotatable bonds is 14. The number of esters is 1. The van der Waals surface area contributed by atoms with Gasteiger partial charge in [0.15, 0.2) is 5.78 Å². The summed E-state index contributed by atoms with van der Waals surface area (Å²) in [5.74, 6) is -3.47. The van der Waals surface area contributed by atoms with Crippen LogP contribution in [0, 0.1) is 17.7 Å². The molecule has 3 rings (SSSR count). The highest BCUT2D eigenvalue weighted by molar-refractivity contribution is 5.94. The predicted molar refractivity (Wildman–Crippen MR) is 146 cm³/mol. The Morgan fingerprint density at radius 2 is 1.88 bits per heavy atom. The zero-order valence-electron chi connectivity index (χ0n) is 23.4. The van der Waals surface area contributed by atoms with E-state index in [1.807, 2.05) is 0 Å². The monoisotopic (exact) mass is 572 g/mol. The highest BCUT2D eigenvalue weighted by Crippen LogP contribution is 2.20. The molecule has 1 aromatic rings. The van der Waals surface area contributed by atoms with Gasteiger partial charge in [0.1, 0.15) is 17.6 Å². The van der Waals surface area contributed by atoms with Crippen LogP contribution >= 0.6 is 0 Å². The zero-order valence-corrected chi connectivity index (χ0v) is 23.4. The summed E-state index contributed by atoms with van der Waals surface area (Å²) < 4.78 is 18.5. The van der Waals surface area contributed by atoms with Gasteiger partial charge in [-0.3, -0.25) is 19.2 Å². The number of ether oxygens (including phenoxy) is 1. The van der Waals surface area contributed by atoms with Crippen molar-refractivity contribution in [1.82, 2.24) is 16.1 Å². The van der Waals surface area contributed by atoms with Gasteiger partial charge < -0.3 is 25.9 Å². The molecule has 2 aliphatic heterocycles. The van der Waals surface area contributed by atoms with Crippen molar-refractivity contribution in [2.75, 3.05) is 6.61 Å². The number of hydrogen-bond acceptors (Lipinski definition) is 8. The summed E-state index contributed by atoms with van der Waals surface area (Å²) in [6.45, 7) is 5.48. The molecular weight excluding hydrogens is 535 g/mol. The standard InChI is InChI=1S/C29H37FN4O7/c1-16(2)26(33-28(38)23-12-17(3)41-34-23)24(35)15-20(13-18-4-6-21(30)7-5-18)27(37)32-22(8-9-25(31)36)14-19-10-11-40-29(19)39/h4-7,12,14,16,20,22-23,26,34H,8-11,13,15H2,1-3H3,(H2,31,36)(H,32,37)(H,33,38)/b19-14+/t20-,22-,23?,26-/m0/s1. The molecule has 2 aliphatic rings. The Morgan fingerprint density at radius 3 is 2.44 bits per heavy atom. The second-order valence-corrected chi connectivity index (χ2v) is 10.6. The summed E-state index contributed by atoms with van der Waals surface area (Å²) >= 11 is 0. The molecule has 41 heavy (non-hydrogen) atoms. The summed E-state index contributed by atoms with van der Waals surface area (Å²) in [4.78, 5) is 68.5. The largest absolute Gasteiger partial charge is 0.462 e. The van der Waals surface area contributed by atoms with Gasteiger partial charge in [0.25, 0.3) is 0 Å². The lowest BCUT2D eigenvalue weighted by molar-refractivity contribution is -0.135. The first-order valence-corrected chi connectivity index (χ1v) is 13.6. The van der Waals surface area contributed by atoms with Crippen LogP contribution in [0.2, 0.25) is 0 Å². The molecule has 0 radical (unpaired) electrons. The van der Waals surface area contributed by atoms with E-state index >= 15 is 0 Å². The Labute approximate surface area is 238 Å². The average molecular weight is 573 g/mol. The zero-order chi connectivity index (χ0) is 30.1. The summed E-state index contributed by atoms with van der Waals surface area (Å²) in [5, 5.41) is 5.59. The van der Waals surface area contributed by atoms with Gasteiger partial charge in [0.05, 0.1) is 12.6 Å². The number of carbonyl (C=O) groups is 5. The number of nitrogens with two attached hydrogens (primary N) is 1. The summed E-state index contributed by atoms with van der Waals surface area (Å²) in [7, 11) is 0. The molecule has 0 aromatic heterocycles. The molecule has 2 heterocycles. The quantitative estimate of drug-likeness (QED) is 0.192. The van der Waals surface area contributed by atoms with E-state index in [0.717, 1.165) is 0 Å². The van der Waals surface area contributed by atoms with Gasteiger partial charge in [-0.2, -0.15) is 0 Å². The number of hydrogen-bond donors (Lipinski definition) is 4. The number of nitrogens with one attached hydrogen (secondary N) is 3. The van der Waals surface area contributed by atoms with E-state index < -0.39 is 53.6 Å². The van der Waals surface area contributed by atoms with Crippen LogP contribution in [0.3, 0.4) is 0 Å². The lowest BCUT2D eigenvalue weighted by Crippen LogP contribution is -2.51. The number of Topliss-reactive ketones (excluding diaryl/α,β-unsaturated/α-hetero) is 1. The van der Waals surface area contributed by atoms with Crippen LogP contribution in [0.1, 0.15) is 52.0 Å². The second-order valence-electron chi connectivity index (χ2n) is 10.6. The summed E-state index contributed by atoms with van der Waals surface area (Å²) in [6, 6.07) is 3.23. The number of allylic oxidation sites excluding steroid dienone is 1. The molecule has 1 fully saturated rings. The highest BCUT2D eigenvalue weighted by Gasteiger charge is 2.33. The van der Waals surface area contributed by atoms with E-state index in [0.29, 0.717) is 23.3 Å². The molecule has 0 aliphatic carbocycles. The molecule has 0 bridgehead atoms. The summed E-state index contributed by atoms with van der Waals surface area (Å²) in [6.07, 6.45) is 3.49. The van der Waals surface area contributed by atoms with Crippen LogP contribution in [-0.4, -0.2) is 54.2 Å². The lowest BCUT2D eigenvalue weighted by Gasteiger charge is -2.26. The fourth-order valence-electron chi connectivity index (χ4n) is 4.62. The molecule has 222 valence electrons. The number of primary amides is 1. The Morgan fingerprint density at radius 1 is 1.17 bits per heavy atom. The number of hydroxylamine groups is 1. The molecule has 3 amide bonds. The van der Waals surface area contributed by atoms with Gasteiger partial charge in [0, 0.05) is 36.8 Å². The number of ketones is 1. The Kier molecular flexibility index (Phi) is 11.2. The molecule has 0 saturated carbocycles. The van der Waals surface area contributed by atoms with Crippen molar-refractivity contribution in [3.8, 4) is 0 Å². The molecule has 4 atom stereocenters. The number of benzene rings is 1. The molecule has 1 unspecified atom stereocenters. The van der Waals surface area contributed by atoms with Crippen molar-refractivity contribution in [2.45, 2.75) is 71.0 Å². The first kappa shape index (κ1) is 31.5. The van der Waals surface area contributed by atoms with Crippen molar-refractivity contribution in [3.63, 3.8) is 0 Å². The topological polar surface area (TPSA) is 166 Å².